The molecule has 0 saturated heterocycles. The number of carboxylic acids is 1. The number of imidazole rings is 1. The standard InChI is InChI=1S/C16H14N2O2/c1-10-4-3-5-13(11(10)2)12-6-7-15-17-14(16(19)20)9-18(15)8-12/h3-9H,1-2H3,(H,19,20). The quantitative estimate of drug-likeness (QED) is 0.774. The van der Waals surface area contributed by atoms with Gasteiger partial charge in [-0.05, 0) is 48.2 Å². The zero-order chi connectivity index (χ0) is 14.3. The molecular formula is C16H14N2O2. The fourth-order valence-electron chi connectivity index (χ4n) is 2.32. The first kappa shape index (κ1) is 12.4. The van der Waals surface area contributed by atoms with Crippen LogP contribution in [0, 0.1) is 13.8 Å². The molecule has 0 aliphatic heterocycles. The highest BCUT2D eigenvalue weighted by Gasteiger charge is 2.10. The lowest BCUT2D eigenvalue weighted by molar-refractivity contribution is 0.0691. The van der Waals surface area contributed by atoms with Crippen molar-refractivity contribution in [1.82, 2.24) is 9.38 Å². The summed E-state index contributed by atoms with van der Waals surface area (Å²) in [6.45, 7) is 4.17. The van der Waals surface area contributed by atoms with Crippen molar-refractivity contribution in [3.05, 3.63) is 59.5 Å². The van der Waals surface area contributed by atoms with Crippen LogP contribution in [0.1, 0.15) is 21.6 Å². The van der Waals surface area contributed by atoms with Gasteiger partial charge in [0.25, 0.3) is 0 Å². The lowest BCUT2D eigenvalue weighted by atomic mass is 9.98. The number of aryl methyl sites for hydroxylation is 1. The van der Waals surface area contributed by atoms with E-state index >= 15 is 0 Å². The van der Waals surface area contributed by atoms with Crippen molar-refractivity contribution in [2.75, 3.05) is 0 Å². The summed E-state index contributed by atoms with van der Waals surface area (Å²) in [6, 6.07) is 9.98. The molecule has 1 aromatic carbocycles. The summed E-state index contributed by atoms with van der Waals surface area (Å²) in [7, 11) is 0. The van der Waals surface area contributed by atoms with Crippen molar-refractivity contribution in [3.8, 4) is 11.1 Å². The van der Waals surface area contributed by atoms with Gasteiger partial charge in [-0.15, -0.1) is 0 Å². The van der Waals surface area contributed by atoms with Crippen LogP contribution < -0.4 is 0 Å². The number of nitrogens with zero attached hydrogens (tertiary/aromatic N) is 2. The summed E-state index contributed by atoms with van der Waals surface area (Å²) in [4.78, 5) is 15.0. The van der Waals surface area contributed by atoms with E-state index in [1.807, 2.05) is 24.4 Å². The fraction of sp³-hybridized carbons (Fsp3) is 0.125. The Balaban J connectivity index is 2.17. The zero-order valence-electron chi connectivity index (χ0n) is 11.3. The van der Waals surface area contributed by atoms with Crippen LogP contribution in [0.5, 0.6) is 0 Å². The van der Waals surface area contributed by atoms with Crippen LogP contribution in [0.4, 0.5) is 0 Å². The molecule has 3 rings (SSSR count). The molecule has 0 amide bonds. The Morgan fingerprint density at radius 1 is 1.15 bits per heavy atom. The molecule has 3 aromatic rings. The van der Waals surface area contributed by atoms with Gasteiger partial charge in [0.15, 0.2) is 5.69 Å². The molecule has 0 fully saturated rings. The molecule has 0 aliphatic rings. The van der Waals surface area contributed by atoms with Crippen LogP contribution in [0.15, 0.2) is 42.7 Å². The van der Waals surface area contributed by atoms with E-state index in [1.165, 1.54) is 17.3 Å². The van der Waals surface area contributed by atoms with E-state index in [0.717, 1.165) is 11.1 Å². The monoisotopic (exact) mass is 266 g/mol. The predicted octanol–water partition coefficient (Wildman–Crippen LogP) is 3.32. The SMILES string of the molecule is Cc1cccc(-c2ccc3nc(C(=O)O)cn3c2)c1C. The Morgan fingerprint density at radius 3 is 2.70 bits per heavy atom. The van der Waals surface area contributed by atoms with Crippen LogP contribution >= 0.6 is 0 Å². The second kappa shape index (κ2) is 4.49. The second-order valence-corrected chi connectivity index (χ2v) is 4.86. The number of carboxylic acid groups (broad SMARTS) is 1. The van der Waals surface area contributed by atoms with Crippen molar-refractivity contribution < 1.29 is 9.90 Å². The molecule has 2 aromatic heterocycles. The summed E-state index contributed by atoms with van der Waals surface area (Å²) in [5, 5.41) is 8.98. The van der Waals surface area contributed by atoms with Gasteiger partial charge in [-0.1, -0.05) is 18.2 Å². The van der Waals surface area contributed by atoms with Gasteiger partial charge in [-0.2, -0.15) is 0 Å². The Labute approximate surface area is 116 Å². The minimum atomic E-state index is -1.01. The van der Waals surface area contributed by atoms with Gasteiger partial charge in [0.2, 0.25) is 0 Å². The molecule has 0 radical (unpaired) electrons. The van der Waals surface area contributed by atoms with Crippen molar-refractivity contribution >= 4 is 11.6 Å². The lowest BCUT2D eigenvalue weighted by Gasteiger charge is -2.09. The number of pyridine rings is 1. The van der Waals surface area contributed by atoms with Gasteiger partial charge in [0.05, 0.1) is 0 Å². The molecule has 4 heteroatoms. The Morgan fingerprint density at radius 2 is 1.95 bits per heavy atom. The Bertz CT molecular complexity index is 818. The fourth-order valence-corrected chi connectivity index (χ4v) is 2.32. The van der Waals surface area contributed by atoms with E-state index in [2.05, 4.69) is 31.0 Å². The van der Waals surface area contributed by atoms with E-state index in [4.69, 9.17) is 5.11 Å². The van der Waals surface area contributed by atoms with E-state index in [1.54, 1.807) is 4.40 Å². The third-order valence-corrected chi connectivity index (χ3v) is 3.59. The van der Waals surface area contributed by atoms with Crippen molar-refractivity contribution in [1.29, 1.82) is 0 Å². The lowest BCUT2D eigenvalue weighted by Crippen LogP contribution is -1.94. The summed E-state index contributed by atoms with van der Waals surface area (Å²) >= 11 is 0. The van der Waals surface area contributed by atoms with Crippen LogP contribution in [-0.2, 0) is 0 Å². The molecule has 100 valence electrons. The van der Waals surface area contributed by atoms with Gasteiger partial charge in [0, 0.05) is 12.4 Å². The number of benzene rings is 1. The number of hydrogen-bond acceptors (Lipinski definition) is 2. The molecule has 0 saturated carbocycles. The predicted molar refractivity (Wildman–Crippen MR) is 77.1 cm³/mol. The second-order valence-electron chi connectivity index (χ2n) is 4.86. The molecule has 1 N–H and O–H groups in total. The number of rotatable bonds is 2. The first-order valence-corrected chi connectivity index (χ1v) is 6.35. The van der Waals surface area contributed by atoms with Gasteiger partial charge in [-0.3, -0.25) is 0 Å². The van der Waals surface area contributed by atoms with E-state index < -0.39 is 5.97 Å². The highest BCUT2D eigenvalue weighted by molar-refractivity contribution is 5.86. The van der Waals surface area contributed by atoms with Crippen molar-refractivity contribution in [2.45, 2.75) is 13.8 Å². The largest absolute Gasteiger partial charge is 0.476 e. The van der Waals surface area contributed by atoms with Crippen LogP contribution in [0.25, 0.3) is 16.8 Å². The van der Waals surface area contributed by atoms with Crippen LogP contribution in [-0.4, -0.2) is 20.5 Å². The Kier molecular flexibility index (Phi) is 2.79. The normalized spacial score (nSPS) is 10.9. The average Bonchev–Trinajstić information content (AvgIpc) is 2.85. The van der Waals surface area contributed by atoms with Gasteiger partial charge >= 0.3 is 5.97 Å². The van der Waals surface area contributed by atoms with Crippen LogP contribution in [0.3, 0.4) is 0 Å². The first-order valence-electron chi connectivity index (χ1n) is 6.35. The molecule has 2 heterocycles. The number of fused-ring (bicyclic) bond motifs is 1. The summed E-state index contributed by atoms with van der Waals surface area (Å²) in [5.41, 5.74) is 5.36. The molecule has 0 bridgehead atoms. The maximum Gasteiger partial charge on any atom is 0.356 e. The van der Waals surface area contributed by atoms with Crippen molar-refractivity contribution in [3.63, 3.8) is 0 Å². The number of aromatic carboxylic acids is 1. The summed E-state index contributed by atoms with van der Waals surface area (Å²) in [6.07, 6.45) is 3.45. The molecule has 20 heavy (non-hydrogen) atoms. The topological polar surface area (TPSA) is 54.6 Å². The van der Waals surface area contributed by atoms with Crippen LogP contribution in [0.2, 0.25) is 0 Å². The summed E-state index contributed by atoms with van der Waals surface area (Å²) < 4.78 is 1.75. The van der Waals surface area contributed by atoms with E-state index in [0.29, 0.717) is 5.65 Å². The van der Waals surface area contributed by atoms with Gasteiger partial charge in [-0.25, -0.2) is 9.78 Å². The van der Waals surface area contributed by atoms with Gasteiger partial charge < -0.3 is 9.51 Å². The third kappa shape index (κ3) is 1.95. The number of aromatic nitrogens is 2. The third-order valence-electron chi connectivity index (χ3n) is 3.59. The molecule has 0 unspecified atom stereocenters. The smallest absolute Gasteiger partial charge is 0.356 e. The van der Waals surface area contributed by atoms with Gasteiger partial charge in [0.1, 0.15) is 5.65 Å². The van der Waals surface area contributed by atoms with Crippen molar-refractivity contribution in [2.24, 2.45) is 0 Å². The number of carbonyl (C=O) groups is 1. The minimum absolute atomic E-state index is 0.0584. The zero-order valence-corrected chi connectivity index (χ0v) is 11.3. The highest BCUT2D eigenvalue weighted by atomic mass is 16.4. The highest BCUT2D eigenvalue weighted by Crippen LogP contribution is 2.25. The molecule has 4 nitrogen and oxygen atoms in total. The maximum absolute atomic E-state index is 10.9. The maximum atomic E-state index is 10.9. The molecule has 0 spiro atoms. The van der Waals surface area contributed by atoms with E-state index in [-0.39, 0.29) is 5.69 Å². The first-order chi connectivity index (χ1) is 9.56. The van der Waals surface area contributed by atoms with E-state index in [9.17, 15) is 4.79 Å². The molecular weight excluding hydrogens is 252 g/mol. The number of hydrogen-bond donors (Lipinski definition) is 1. The summed E-state index contributed by atoms with van der Waals surface area (Å²) in [5.74, 6) is -1.01. The average molecular weight is 266 g/mol. The molecule has 0 aliphatic carbocycles. The minimum Gasteiger partial charge on any atom is -0.476 e. The molecule has 0 atom stereocenters. The Hall–Kier alpha value is -2.62.